The Balaban J connectivity index is 1.81. The molecule has 126 valence electrons. The van der Waals surface area contributed by atoms with Crippen LogP contribution in [0.2, 0.25) is 5.02 Å². The van der Waals surface area contributed by atoms with Crippen molar-refractivity contribution in [2.24, 2.45) is 0 Å². The molecule has 0 fully saturated rings. The number of benzene rings is 1. The lowest BCUT2D eigenvalue weighted by Gasteiger charge is -2.09. The molecule has 0 saturated carbocycles. The van der Waals surface area contributed by atoms with Crippen molar-refractivity contribution in [3.63, 3.8) is 0 Å². The van der Waals surface area contributed by atoms with Crippen LogP contribution < -0.4 is 16.2 Å². The summed E-state index contributed by atoms with van der Waals surface area (Å²) in [4.78, 5) is 35.7. The van der Waals surface area contributed by atoms with Crippen LogP contribution in [0.1, 0.15) is 20.0 Å². The Hall–Kier alpha value is -2.10. The van der Waals surface area contributed by atoms with Gasteiger partial charge in [0, 0.05) is 5.02 Å². The van der Waals surface area contributed by atoms with Crippen molar-refractivity contribution in [2.75, 3.05) is 6.54 Å². The van der Waals surface area contributed by atoms with E-state index in [9.17, 15) is 19.5 Å². The summed E-state index contributed by atoms with van der Waals surface area (Å²) in [6.45, 7) is -0.323. The summed E-state index contributed by atoms with van der Waals surface area (Å²) in [5.74, 6) is -2.05. The van der Waals surface area contributed by atoms with E-state index < -0.39 is 17.7 Å². The quantitative estimate of drug-likeness (QED) is 0.555. The maximum absolute atomic E-state index is 11.8. The van der Waals surface area contributed by atoms with Crippen molar-refractivity contribution in [3.05, 3.63) is 49.6 Å². The molecule has 0 unspecified atom stereocenters. The Morgan fingerprint density at radius 1 is 1.12 bits per heavy atom. The number of phenols is 1. The second kappa shape index (κ2) is 8.13. The Morgan fingerprint density at radius 3 is 2.54 bits per heavy atom. The molecular weight excluding hydrogens is 422 g/mol. The van der Waals surface area contributed by atoms with Crippen molar-refractivity contribution in [1.82, 2.24) is 16.2 Å². The zero-order valence-corrected chi connectivity index (χ0v) is 15.1. The predicted octanol–water partition coefficient (Wildman–Crippen LogP) is 2.06. The van der Waals surface area contributed by atoms with Crippen LogP contribution in [0.5, 0.6) is 5.75 Å². The van der Waals surface area contributed by atoms with Crippen molar-refractivity contribution in [2.45, 2.75) is 0 Å². The molecule has 7 nitrogen and oxygen atoms in total. The van der Waals surface area contributed by atoms with Gasteiger partial charge in [-0.3, -0.25) is 25.2 Å². The second-order valence-electron chi connectivity index (χ2n) is 4.45. The molecule has 0 aliphatic heterocycles. The highest BCUT2D eigenvalue weighted by Crippen LogP contribution is 2.22. The maximum atomic E-state index is 11.8. The van der Waals surface area contributed by atoms with E-state index in [4.69, 9.17) is 11.6 Å². The Morgan fingerprint density at radius 2 is 1.88 bits per heavy atom. The molecular formula is C14H11BrClN3O4S. The number of halogens is 2. The van der Waals surface area contributed by atoms with Gasteiger partial charge in [-0.1, -0.05) is 11.6 Å². The highest BCUT2D eigenvalue weighted by atomic mass is 79.9. The van der Waals surface area contributed by atoms with Crippen LogP contribution in [0, 0.1) is 0 Å². The van der Waals surface area contributed by atoms with Crippen molar-refractivity contribution < 1.29 is 19.5 Å². The number of phenolic OH excluding ortho intramolecular Hbond substituents is 1. The molecule has 1 aromatic heterocycles. The molecule has 0 aliphatic rings. The first-order valence-corrected chi connectivity index (χ1v) is 8.47. The number of thiophene rings is 1. The third-order valence-electron chi connectivity index (χ3n) is 2.73. The number of hydrogen-bond acceptors (Lipinski definition) is 5. The normalized spacial score (nSPS) is 10.1. The van der Waals surface area contributed by atoms with Crippen molar-refractivity contribution in [3.8, 4) is 5.75 Å². The minimum Gasteiger partial charge on any atom is -0.507 e. The molecule has 1 heterocycles. The van der Waals surface area contributed by atoms with Gasteiger partial charge in [0.1, 0.15) is 5.75 Å². The number of aromatic hydroxyl groups is 1. The van der Waals surface area contributed by atoms with Gasteiger partial charge in [-0.15, -0.1) is 11.3 Å². The number of hydrogen-bond donors (Lipinski definition) is 4. The summed E-state index contributed by atoms with van der Waals surface area (Å²) < 4.78 is 0.797. The fraction of sp³-hybridized carbons (Fsp3) is 0.0714. The van der Waals surface area contributed by atoms with Gasteiger partial charge >= 0.3 is 0 Å². The number of rotatable bonds is 4. The number of carbonyl (C=O) groups is 3. The Labute approximate surface area is 154 Å². The van der Waals surface area contributed by atoms with Gasteiger partial charge in [0.05, 0.1) is 20.8 Å². The topological polar surface area (TPSA) is 108 Å². The predicted molar refractivity (Wildman–Crippen MR) is 93.1 cm³/mol. The largest absolute Gasteiger partial charge is 0.507 e. The summed E-state index contributed by atoms with van der Waals surface area (Å²) in [7, 11) is 0. The first-order valence-electron chi connectivity index (χ1n) is 6.48. The number of carbonyl (C=O) groups excluding carboxylic acids is 3. The Bertz CT molecular complexity index is 796. The minimum absolute atomic E-state index is 0.0877. The van der Waals surface area contributed by atoms with Gasteiger partial charge in [-0.05, 0) is 46.3 Å². The van der Waals surface area contributed by atoms with Crippen LogP contribution in [0.4, 0.5) is 0 Å². The molecule has 2 rings (SSSR count). The van der Waals surface area contributed by atoms with E-state index in [1.807, 2.05) is 0 Å². The van der Waals surface area contributed by atoms with E-state index in [2.05, 4.69) is 32.1 Å². The molecule has 24 heavy (non-hydrogen) atoms. The summed E-state index contributed by atoms with van der Waals surface area (Å²) in [5.41, 5.74) is 4.16. The second-order valence-corrected chi connectivity index (χ2v) is 7.35. The first-order chi connectivity index (χ1) is 11.4. The van der Waals surface area contributed by atoms with Crippen molar-refractivity contribution >= 4 is 56.6 Å². The standard InChI is InChI=1S/C14H11BrClN3O4S/c15-11-4-3-10(24-11)14(23)17-6-12(21)18-19-13(22)8-5-7(16)1-2-9(8)20/h1-5,20H,6H2,(H,17,23)(H,18,21)(H,19,22). The number of hydrazine groups is 1. The van der Waals surface area contributed by atoms with Gasteiger partial charge < -0.3 is 10.4 Å². The van der Waals surface area contributed by atoms with Gasteiger partial charge in [0.25, 0.3) is 17.7 Å². The molecule has 10 heteroatoms. The molecule has 0 saturated heterocycles. The fourth-order valence-electron chi connectivity index (χ4n) is 1.61. The molecule has 0 radical (unpaired) electrons. The zero-order valence-electron chi connectivity index (χ0n) is 11.9. The van der Waals surface area contributed by atoms with Crippen LogP contribution in [0.15, 0.2) is 34.1 Å². The van der Waals surface area contributed by atoms with Crippen LogP contribution in [0.25, 0.3) is 0 Å². The summed E-state index contributed by atoms with van der Waals surface area (Å²) >= 11 is 10.2. The highest BCUT2D eigenvalue weighted by Gasteiger charge is 2.14. The lowest BCUT2D eigenvalue weighted by molar-refractivity contribution is -0.120. The van der Waals surface area contributed by atoms with Gasteiger partial charge in [-0.25, -0.2) is 0 Å². The molecule has 0 aliphatic carbocycles. The molecule has 2 aromatic rings. The molecule has 4 N–H and O–H groups in total. The summed E-state index contributed by atoms with van der Waals surface area (Å²) in [5, 5.41) is 12.3. The van der Waals surface area contributed by atoms with Crippen LogP contribution in [-0.2, 0) is 4.79 Å². The third-order valence-corrected chi connectivity index (χ3v) is 4.58. The monoisotopic (exact) mass is 431 g/mol. The Kier molecular flexibility index (Phi) is 6.18. The van der Waals surface area contributed by atoms with Crippen LogP contribution in [-0.4, -0.2) is 29.4 Å². The average molecular weight is 433 g/mol. The lowest BCUT2D eigenvalue weighted by atomic mass is 10.2. The summed E-state index contributed by atoms with van der Waals surface area (Å²) in [6, 6.07) is 7.28. The maximum Gasteiger partial charge on any atom is 0.273 e. The minimum atomic E-state index is -0.739. The van der Waals surface area contributed by atoms with Gasteiger partial charge in [-0.2, -0.15) is 0 Å². The smallest absolute Gasteiger partial charge is 0.273 e. The molecule has 0 atom stereocenters. The zero-order chi connectivity index (χ0) is 17.7. The number of nitrogens with one attached hydrogen (secondary N) is 3. The fourth-order valence-corrected chi connectivity index (χ4v) is 3.09. The van der Waals surface area contributed by atoms with Crippen molar-refractivity contribution in [1.29, 1.82) is 0 Å². The molecule has 0 bridgehead atoms. The summed E-state index contributed by atoms with van der Waals surface area (Å²) in [6.07, 6.45) is 0. The van der Waals surface area contributed by atoms with E-state index >= 15 is 0 Å². The van der Waals surface area contributed by atoms with Gasteiger partial charge in [0.15, 0.2) is 0 Å². The molecule has 1 aromatic carbocycles. The SMILES string of the molecule is O=C(CNC(=O)c1ccc(Br)s1)NNC(=O)c1cc(Cl)ccc1O. The number of amides is 3. The van der Waals surface area contributed by atoms with Gasteiger partial charge in [0.2, 0.25) is 0 Å². The highest BCUT2D eigenvalue weighted by molar-refractivity contribution is 9.11. The average Bonchev–Trinajstić information content (AvgIpc) is 2.99. The van der Waals surface area contributed by atoms with E-state index in [0.717, 1.165) is 3.79 Å². The van der Waals surface area contributed by atoms with E-state index in [0.29, 0.717) is 4.88 Å². The van der Waals surface area contributed by atoms with E-state index in [-0.39, 0.29) is 22.9 Å². The van der Waals surface area contributed by atoms with E-state index in [1.54, 1.807) is 12.1 Å². The molecule has 0 spiro atoms. The van der Waals surface area contributed by atoms with Crippen LogP contribution >= 0.6 is 38.9 Å². The molecule has 3 amide bonds. The van der Waals surface area contributed by atoms with Crippen LogP contribution in [0.3, 0.4) is 0 Å². The van der Waals surface area contributed by atoms with E-state index in [1.165, 1.54) is 29.5 Å². The first kappa shape index (κ1) is 18.2. The third kappa shape index (κ3) is 4.95. The lowest BCUT2D eigenvalue weighted by Crippen LogP contribution is -2.46.